The molecule has 8 heteroatoms. The summed E-state index contributed by atoms with van der Waals surface area (Å²) in [5.74, 6) is -0.338. The molecule has 6 nitrogen and oxygen atoms in total. The van der Waals surface area contributed by atoms with E-state index in [1.165, 1.54) is 17.4 Å². The number of nitrogens with zero attached hydrogens (tertiary/aromatic N) is 3. The van der Waals surface area contributed by atoms with E-state index in [1.54, 1.807) is 29.4 Å². The molecule has 0 fully saturated rings. The molecule has 0 aliphatic heterocycles. The molecule has 0 unspecified atom stereocenters. The highest BCUT2D eigenvalue weighted by atomic mass is 32.2. The molecule has 0 saturated heterocycles. The van der Waals surface area contributed by atoms with Crippen LogP contribution in [0.4, 0.5) is 5.13 Å². The van der Waals surface area contributed by atoms with Crippen molar-refractivity contribution in [3.8, 4) is 11.3 Å². The summed E-state index contributed by atoms with van der Waals surface area (Å²) in [7, 11) is 0. The Hall–Kier alpha value is -2.45. The van der Waals surface area contributed by atoms with Crippen molar-refractivity contribution in [1.29, 1.82) is 0 Å². The van der Waals surface area contributed by atoms with Gasteiger partial charge < -0.3 is 5.32 Å². The first-order chi connectivity index (χ1) is 11.7. The first kappa shape index (κ1) is 16.4. The predicted molar refractivity (Wildman–Crippen MR) is 96.5 cm³/mol. The van der Waals surface area contributed by atoms with E-state index < -0.39 is 0 Å². The number of rotatable bonds is 5. The Morgan fingerprint density at radius 2 is 2.04 bits per heavy atom. The van der Waals surface area contributed by atoms with Crippen molar-refractivity contribution in [3.05, 3.63) is 58.3 Å². The minimum Gasteiger partial charge on any atom is -0.300 e. The SMILES string of the molecule is CSc1ccc(-c2ccc(=O)n(CC(=O)Nc3nccs3)n2)cc1. The number of amides is 1. The molecule has 0 aliphatic rings. The van der Waals surface area contributed by atoms with Gasteiger partial charge in [-0.15, -0.1) is 23.1 Å². The second-order valence-electron chi connectivity index (χ2n) is 4.83. The first-order valence-corrected chi connectivity index (χ1v) is 9.18. The van der Waals surface area contributed by atoms with Crippen molar-refractivity contribution in [2.75, 3.05) is 11.6 Å². The number of carbonyl (C=O) groups is 1. The van der Waals surface area contributed by atoms with E-state index >= 15 is 0 Å². The van der Waals surface area contributed by atoms with Gasteiger partial charge in [0.25, 0.3) is 5.56 Å². The van der Waals surface area contributed by atoms with Crippen molar-refractivity contribution in [3.63, 3.8) is 0 Å². The van der Waals surface area contributed by atoms with E-state index in [1.807, 2.05) is 30.5 Å². The summed E-state index contributed by atoms with van der Waals surface area (Å²) < 4.78 is 1.15. The van der Waals surface area contributed by atoms with Crippen LogP contribution < -0.4 is 10.9 Å². The van der Waals surface area contributed by atoms with Gasteiger partial charge in [0.15, 0.2) is 5.13 Å². The van der Waals surface area contributed by atoms with Gasteiger partial charge in [0.05, 0.1) is 5.69 Å². The van der Waals surface area contributed by atoms with Gasteiger partial charge in [-0.25, -0.2) is 9.67 Å². The van der Waals surface area contributed by atoms with Gasteiger partial charge in [0.2, 0.25) is 5.91 Å². The fourth-order valence-corrected chi connectivity index (χ4v) is 3.01. The molecule has 0 bridgehead atoms. The van der Waals surface area contributed by atoms with E-state index in [0.29, 0.717) is 10.8 Å². The van der Waals surface area contributed by atoms with Gasteiger partial charge in [0, 0.05) is 28.1 Å². The second kappa shape index (κ2) is 7.41. The van der Waals surface area contributed by atoms with Crippen molar-refractivity contribution >= 4 is 34.1 Å². The Balaban J connectivity index is 1.80. The number of thioether (sulfide) groups is 1. The molecular weight excluding hydrogens is 344 g/mol. The minimum absolute atomic E-state index is 0.158. The smallest absolute Gasteiger partial charge is 0.267 e. The van der Waals surface area contributed by atoms with Gasteiger partial charge in [-0.3, -0.25) is 9.59 Å². The number of hydrogen-bond donors (Lipinski definition) is 1. The molecule has 2 heterocycles. The number of aromatic nitrogens is 3. The Bertz CT molecular complexity index is 889. The quantitative estimate of drug-likeness (QED) is 0.710. The maximum atomic E-state index is 12.0. The van der Waals surface area contributed by atoms with Crippen LogP contribution in [0, 0.1) is 0 Å². The molecule has 1 aromatic carbocycles. The second-order valence-corrected chi connectivity index (χ2v) is 6.60. The number of nitrogens with one attached hydrogen (secondary N) is 1. The first-order valence-electron chi connectivity index (χ1n) is 7.07. The van der Waals surface area contributed by atoms with E-state index in [0.717, 1.165) is 15.1 Å². The van der Waals surface area contributed by atoms with Crippen LogP contribution in [0.5, 0.6) is 0 Å². The normalized spacial score (nSPS) is 10.5. The fourth-order valence-electron chi connectivity index (χ4n) is 2.06. The van der Waals surface area contributed by atoms with Crippen LogP contribution in [0.3, 0.4) is 0 Å². The van der Waals surface area contributed by atoms with Crippen LogP contribution >= 0.6 is 23.1 Å². The van der Waals surface area contributed by atoms with Gasteiger partial charge in [-0.2, -0.15) is 5.10 Å². The number of carbonyl (C=O) groups excluding carboxylic acids is 1. The Labute approximate surface area is 146 Å². The highest BCUT2D eigenvalue weighted by Gasteiger charge is 2.09. The summed E-state index contributed by atoms with van der Waals surface area (Å²) in [5, 5.41) is 9.18. The van der Waals surface area contributed by atoms with Crippen LogP contribution in [0.2, 0.25) is 0 Å². The lowest BCUT2D eigenvalue weighted by Crippen LogP contribution is -2.29. The topological polar surface area (TPSA) is 76.9 Å². The number of thiazole rings is 1. The van der Waals surface area contributed by atoms with E-state index in [2.05, 4.69) is 15.4 Å². The van der Waals surface area contributed by atoms with Crippen LogP contribution in [0.15, 0.2) is 57.7 Å². The van der Waals surface area contributed by atoms with Crippen molar-refractivity contribution in [2.24, 2.45) is 0 Å². The third kappa shape index (κ3) is 3.90. The Kier molecular flexibility index (Phi) is 5.07. The highest BCUT2D eigenvalue weighted by Crippen LogP contribution is 2.20. The van der Waals surface area contributed by atoms with Crippen molar-refractivity contribution in [1.82, 2.24) is 14.8 Å². The summed E-state index contributed by atoms with van der Waals surface area (Å²) in [6, 6.07) is 10.9. The average Bonchev–Trinajstić information content (AvgIpc) is 3.10. The molecule has 0 spiro atoms. The maximum absolute atomic E-state index is 12.0. The molecule has 1 N–H and O–H groups in total. The maximum Gasteiger partial charge on any atom is 0.267 e. The fraction of sp³-hybridized carbons (Fsp3) is 0.125. The van der Waals surface area contributed by atoms with Crippen LogP contribution in [-0.4, -0.2) is 26.9 Å². The Morgan fingerprint density at radius 1 is 1.25 bits per heavy atom. The lowest BCUT2D eigenvalue weighted by atomic mass is 10.1. The zero-order chi connectivity index (χ0) is 16.9. The largest absolute Gasteiger partial charge is 0.300 e. The number of benzene rings is 1. The highest BCUT2D eigenvalue weighted by molar-refractivity contribution is 7.98. The third-order valence-corrected chi connectivity index (χ3v) is 4.66. The molecule has 3 rings (SSSR count). The van der Waals surface area contributed by atoms with Crippen molar-refractivity contribution in [2.45, 2.75) is 11.4 Å². The molecule has 24 heavy (non-hydrogen) atoms. The average molecular weight is 358 g/mol. The van der Waals surface area contributed by atoms with Gasteiger partial charge in [-0.05, 0) is 24.5 Å². The van der Waals surface area contributed by atoms with Gasteiger partial charge in [-0.1, -0.05) is 12.1 Å². The summed E-state index contributed by atoms with van der Waals surface area (Å²) >= 11 is 2.97. The van der Waals surface area contributed by atoms with E-state index in [9.17, 15) is 9.59 Å². The molecule has 0 atom stereocenters. The lowest BCUT2D eigenvalue weighted by molar-refractivity contribution is -0.117. The van der Waals surface area contributed by atoms with E-state index in [-0.39, 0.29) is 18.0 Å². The van der Waals surface area contributed by atoms with Crippen LogP contribution in [0.1, 0.15) is 0 Å². The molecule has 0 saturated carbocycles. The summed E-state index contributed by atoms with van der Waals surface area (Å²) in [6.45, 7) is -0.158. The van der Waals surface area contributed by atoms with Gasteiger partial charge >= 0.3 is 0 Å². The molecule has 3 aromatic rings. The molecule has 2 aromatic heterocycles. The standard InChI is InChI=1S/C16H14N4O2S2/c1-23-12-4-2-11(3-5-12)13-6-7-15(22)20(19-13)10-14(21)18-16-17-8-9-24-16/h2-9H,10H2,1H3,(H,17,18,21). The van der Waals surface area contributed by atoms with E-state index in [4.69, 9.17) is 0 Å². The molecular formula is C16H14N4O2S2. The van der Waals surface area contributed by atoms with Crippen molar-refractivity contribution < 1.29 is 4.79 Å². The van der Waals surface area contributed by atoms with Crippen LogP contribution in [-0.2, 0) is 11.3 Å². The minimum atomic E-state index is -0.338. The summed E-state index contributed by atoms with van der Waals surface area (Å²) in [5.41, 5.74) is 1.21. The van der Waals surface area contributed by atoms with Crippen LogP contribution in [0.25, 0.3) is 11.3 Å². The number of hydrogen-bond acceptors (Lipinski definition) is 6. The molecule has 1 amide bonds. The van der Waals surface area contributed by atoms with Gasteiger partial charge in [0.1, 0.15) is 6.54 Å². The zero-order valence-electron chi connectivity index (χ0n) is 12.8. The monoisotopic (exact) mass is 358 g/mol. The number of anilines is 1. The summed E-state index contributed by atoms with van der Waals surface area (Å²) in [4.78, 5) is 29.1. The predicted octanol–water partition coefficient (Wildman–Crippen LogP) is 2.73. The zero-order valence-corrected chi connectivity index (χ0v) is 14.4. The Morgan fingerprint density at radius 3 is 2.71 bits per heavy atom. The molecule has 122 valence electrons. The molecule has 0 radical (unpaired) electrons. The summed E-state index contributed by atoms with van der Waals surface area (Å²) in [6.07, 6.45) is 3.61. The molecule has 0 aliphatic carbocycles. The lowest BCUT2D eigenvalue weighted by Gasteiger charge is -2.07. The third-order valence-electron chi connectivity index (χ3n) is 3.22.